The average molecular weight is 271 g/mol. The quantitative estimate of drug-likeness (QED) is 0.555. The van der Waals surface area contributed by atoms with Crippen molar-refractivity contribution in [1.82, 2.24) is 5.32 Å². The summed E-state index contributed by atoms with van der Waals surface area (Å²) in [5.41, 5.74) is 3.65. The summed E-state index contributed by atoms with van der Waals surface area (Å²) in [5.74, 6) is 2.96. The van der Waals surface area contributed by atoms with Crippen LogP contribution < -0.4 is 5.32 Å². The van der Waals surface area contributed by atoms with Gasteiger partial charge in [-0.1, -0.05) is 25.5 Å². The highest BCUT2D eigenvalue weighted by atomic mass is 16.3. The summed E-state index contributed by atoms with van der Waals surface area (Å²) < 4.78 is 0. The Kier molecular flexibility index (Phi) is 7.54. The lowest BCUT2D eigenvalue weighted by molar-refractivity contribution is 0.475. The summed E-state index contributed by atoms with van der Waals surface area (Å²) in [6, 6.07) is 5.57. The standard InChI is InChI=1S/C18H25NO/c1-4-6-8-16(11-13-19-12-7-5-2)18-14-17(20)10-9-15(18)3/h2,8-10,14,19-20H,4,6-7,11-13H2,1,3H3/b16-8-. The molecule has 0 aliphatic carbocycles. The summed E-state index contributed by atoms with van der Waals surface area (Å²) in [4.78, 5) is 0. The summed E-state index contributed by atoms with van der Waals surface area (Å²) in [7, 11) is 0. The van der Waals surface area contributed by atoms with E-state index < -0.39 is 0 Å². The van der Waals surface area contributed by atoms with E-state index in [-0.39, 0.29) is 0 Å². The average Bonchev–Trinajstić information content (AvgIpc) is 2.45. The molecule has 0 aromatic heterocycles. The second kappa shape index (κ2) is 9.23. The first-order valence-electron chi connectivity index (χ1n) is 7.32. The van der Waals surface area contributed by atoms with Crippen LogP contribution in [0.25, 0.3) is 5.57 Å². The van der Waals surface area contributed by atoms with Crippen molar-refractivity contribution in [2.45, 2.75) is 39.5 Å². The molecule has 2 heteroatoms. The minimum Gasteiger partial charge on any atom is -0.508 e. The monoisotopic (exact) mass is 271 g/mol. The van der Waals surface area contributed by atoms with E-state index in [1.165, 1.54) is 11.1 Å². The maximum absolute atomic E-state index is 9.69. The summed E-state index contributed by atoms with van der Waals surface area (Å²) in [5, 5.41) is 13.0. The summed E-state index contributed by atoms with van der Waals surface area (Å²) in [6.07, 6.45) is 11.4. The number of aryl methyl sites for hydroxylation is 1. The fourth-order valence-corrected chi connectivity index (χ4v) is 2.13. The van der Waals surface area contributed by atoms with E-state index in [9.17, 15) is 5.11 Å². The molecule has 0 aliphatic heterocycles. The fraction of sp³-hybridized carbons (Fsp3) is 0.444. The van der Waals surface area contributed by atoms with Gasteiger partial charge in [-0.3, -0.25) is 0 Å². The van der Waals surface area contributed by atoms with Gasteiger partial charge >= 0.3 is 0 Å². The van der Waals surface area contributed by atoms with E-state index >= 15 is 0 Å². The Balaban J connectivity index is 2.74. The number of benzene rings is 1. The second-order valence-electron chi connectivity index (χ2n) is 4.97. The molecule has 2 N–H and O–H groups in total. The highest BCUT2D eigenvalue weighted by molar-refractivity contribution is 5.69. The molecule has 20 heavy (non-hydrogen) atoms. The van der Waals surface area contributed by atoms with Crippen molar-refractivity contribution in [3.8, 4) is 18.1 Å². The molecular weight excluding hydrogens is 246 g/mol. The Morgan fingerprint density at radius 1 is 1.40 bits per heavy atom. The number of allylic oxidation sites excluding steroid dienone is 1. The van der Waals surface area contributed by atoms with Crippen LogP contribution in [0.4, 0.5) is 0 Å². The van der Waals surface area contributed by atoms with Gasteiger partial charge < -0.3 is 10.4 Å². The molecule has 0 atom stereocenters. The molecule has 0 fully saturated rings. The van der Waals surface area contributed by atoms with Gasteiger partial charge in [0.25, 0.3) is 0 Å². The number of nitrogens with one attached hydrogen (secondary N) is 1. The molecule has 0 amide bonds. The lowest BCUT2D eigenvalue weighted by atomic mass is 9.96. The minimum absolute atomic E-state index is 0.327. The van der Waals surface area contributed by atoms with Crippen LogP contribution in [0.2, 0.25) is 0 Å². The van der Waals surface area contributed by atoms with E-state index in [0.29, 0.717) is 5.75 Å². The molecule has 2 nitrogen and oxygen atoms in total. The Bertz CT molecular complexity index is 483. The number of phenolic OH excluding ortho intramolecular Hbond substituents is 1. The SMILES string of the molecule is C#CCCNCC/C(=C/CCC)c1cc(O)ccc1C. The fourth-order valence-electron chi connectivity index (χ4n) is 2.13. The van der Waals surface area contributed by atoms with E-state index in [4.69, 9.17) is 6.42 Å². The Hall–Kier alpha value is -1.72. The van der Waals surface area contributed by atoms with Crippen LogP contribution >= 0.6 is 0 Å². The number of terminal acetylenes is 1. The zero-order valence-electron chi connectivity index (χ0n) is 12.6. The zero-order chi connectivity index (χ0) is 14.8. The van der Waals surface area contributed by atoms with Gasteiger partial charge in [-0.05, 0) is 55.1 Å². The Labute approximate surface area is 122 Å². The minimum atomic E-state index is 0.327. The number of hydrogen-bond acceptors (Lipinski definition) is 2. The number of hydrogen-bond donors (Lipinski definition) is 2. The third-order valence-electron chi connectivity index (χ3n) is 3.26. The van der Waals surface area contributed by atoms with Crippen molar-refractivity contribution in [2.24, 2.45) is 0 Å². The topological polar surface area (TPSA) is 32.3 Å². The van der Waals surface area contributed by atoms with Crippen LogP contribution in [-0.2, 0) is 0 Å². The molecule has 0 bridgehead atoms. The van der Waals surface area contributed by atoms with Crippen LogP contribution in [0.1, 0.15) is 43.7 Å². The van der Waals surface area contributed by atoms with Gasteiger partial charge in [0.2, 0.25) is 0 Å². The van der Waals surface area contributed by atoms with Gasteiger partial charge in [0.05, 0.1) is 0 Å². The van der Waals surface area contributed by atoms with E-state index in [1.807, 2.05) is 12.1 Å². The lowest BCUT2D eigenvalue weighted by Crippen LogP contribution is -2.16. The first kappa shape index (κ1) is 16.3. The van der Waals surface area contributed by atoms with Crippen molar-refractivity contribution in [2.75, 3.05) is 13.1 Å². The first-order chi connectivity index (χ1) is 9.69. The molecular formula is C18H25NO. The molecule has 1 rings (SSSR count). The molecule has 0 radical (unpaired) electrons. The number of rotatable bonds is 8. The van der Waals surface area contributed by atoms with Crippen LogP contribution in [0.5, 0.6) is 5.75 Å². The van der Waals surface area contributed by atoms with Gasteiger partial charge in [-0.2, -0.15) is 0 Å². The molecule has 0 heterocycles. The number of unbranched alkanes of at least 4 members (excludes halogenated alkanes) is 1. The van der Waals surface area contributed by atoms with Gasteiger partial charge in [-0.15, -0.1) is 12.3 Å². The smallest absolute Gasteiger partial charge is 0.116 e. The summed E-state index contributed by atoms with van der Waals surface area (Å²) >= 11 is 0. The maximum atomic E-state index is 9.69. The number of phenols is 1. The largest absolute Gasteiger partial charge is 0.508 e. The van der Waals surface area contributed by atoms with Crippen LogP contribution in [0, 0.1) is 19.3 Å². The van der Waals surface area contributed by atoms with Crippen molar-refractivity contribution in [3.05, 3.63) is 35.4 Å². The molecule has 0 spiro atoms. The predicted octanol–water partition coefficient (Wildman–Crippen LogP) is 3.89. The normalized spacial score (nSPS) is 11.3. The maximum Gasteiger partial charge on any atom is 0.116 e. The first-order valence-corrected chi connectivity index (χ1v) is 7.32. The van der Waals surface area contributed by atoms with Gasteiger partial charge in [0, 0.05) is 13.0 Å². The number of aromatic hydroxyl groups is 1. The van der Waals surface area contributed by atoms with Crippen LogP contribution in [-0.4, -0.2) is 18.2 Å². The molecule has 0 aliphatic rings. The molecule has 1 aromatic carbocycles. The third kappa shape index (κ3) is 5.50. The van der Waals surface area contributed by atoms with Crippen molar-refractivity contribution in [1.29, 1.82) is 0 Å². The van der Waals surface area contributed by atoms with E-state index in [0.717, 1.165) is 44.3 Å². The predicted molar refractivity (Wildman–Crippen MR) is 86.7 cm³/mol. The van der Waals surface area contributed by atoms with Crippen LogP contribution in [0.3, 0.4) is 0 Å². The van der Waals surface area contributed by atoms with Gasteiger partial charge in [0.1, 0.15) is 5.75 Å². The third-order valence-corrected chi connectivity index (χ3v) is 3.26. The molecule has 0 unspecified atom stereocenters. The van der Waals surface area contributed by atoms with Gasteiger partial charge in [-0.25, -0.2) is 0 Å². The molecule has 0 saturated heterocycles. The van der Waals surface area contributed by atoms with Crippen LogP contribution in [0.15, 0.2) is 24.3 Å². The molecule has 108 valence electrons. The summed E-state index contributed by atoms with van der Waals surface area (Å²) in [6.45, 7) is 6.03. The van der Waals surface area contributed by atoms with Crippen molar-refractivity contribution in [3.63, 3.8) is 0 Å². The lowest BCUT2D eigenvalue weighted by Gasteiger charge is -2.12. The van der Waals surface area contributed by atoms with E-state index in [2.05, 4.69) is 31.2 Å². The van der Waals surface area contributed by atoms with Gasteiger partial charge in [0.15, 0.2) is 0 Å². The highest BCUT2D eigenvalue weighted by Crippen LogP contribution is 2.26. The van der Waals surface area contributed by atoms with Crippen molar-refractivity contribution >= 4 is 5.57 Å². The van der Waals surface area contributed by atoms with Crippen molar-refractivity contribution < 1.29 is 5.11 Å². The second-order valence-corrected chi connectivity index (χ2v) is 4.97. The zero-order valence-corrected chi connectivity index (χ0v) is 12.6. The molecule has 0 saturated carbocycles. The van der Waals surface area contributed by atoms with E-state index in [1.54, 1.807) is 6.07 Å². The molecule has 1 aromatic rings. The Morgan fingerprint density at radius 3 is 2.90 bits per heavy atom. The Morgan fingerprint density at radius 2 is 2.20 bits per heavy atom. The highest BCUT2D eigenvalue weighted by Gasteiger charge is 2.06.